The number of benzene rings is 2. The largest absolute Gasteiger partial charge is 0.421 e. The predicted molar refractivity (Wildman–Crippen MR) is 66.1 cm³/mol. The lowest BCUT2D eigenvalue weighted by atomic mass is 10.2. The van der Waals surface area contributed by atoms with Crippen LogP contribution in [0.3, 0.4) is 0 Å². The van der Waals surface area contributed by atoms with Crippen LogP contribution in [-0.4, -0.2) is 5.97 Å². The smallest absolute Gasteiger partial charge is 0.345 e. The number of nitrogens with one attached hydrogen (secondary N) is 1. The molecule has 2 aromatic rings. The average Bonchev–Trinajstić information content (AvgIpc) is 2.46. The van der Waals surface area contributed by atoms with Gasteiger partial charge < -0.3 is 10.1 Å². The molecule has 3 rings (SSSR count). The van der Waals surface area contributed by atoms with E-state index in [1.807, 2.05) is 12.1 Å². The number of anilines is 2. The van der Waals surface area contributed by atoms with Crippen molar-refractivity contribution in [1.29, 1.82) is 0 Å². The maximum Gasteiger partial charge on any atom is 0.345 e. The van der Waals surface area contributed by atoms with E-state index in [0.717, 1.165) is 5.69 Å². The van der Waals surface area contributed by atoms with Gasteiger partial charge in [0.15, 0.2) is 5.75 Å². The minimum absolute atomic E-state index is 0.367. The van der Waals surface area contributed by atoms with E-state index in [4.69, 9.17) is 16.3 Å². The summed E-state index contributed by atoms with van der Waals surface area (Å²) in [7, 11) is 0. The molecule has 0 fully saturated rings. The SMILES string of the molecule is O=C1Oc2ccc(Cl)cc2Nc2ccccc21. The number of carbonyl (C=O) groups excluding carboxylic acids is 1. The molecule has 0 saturated carbocycles. The molecule has 0 aliphatic carbocycles. The fourth-order valence-corrected chi connectivity index (χ4v) is 1.93. The van der Waals surface area contributed by atoms with Gasteiger partial charge in [-0.2, -0.15) is 0 Å². The molecule has 1 heterocycles. The Kier molecular flexibility index (Phi) is 2.27. The van der Waals surface area contributed by atoms with Crippen LogP contribution in [0.4, 0.5) is 11.4 Å². The average molecular weight is 246 g/mol. The molecular weight excluding hydrogens is 238 g/mol. The van der Waals surface area contributed by atoms with Crippen LogP contribution in [0.25, 0.3) is 0 Å². The number of esters is 1. The van der Waals surface area contributed by atoms with E-state index in [1.165, 1.54) is 0 Å². The summed E-state index contributed by atoms with van der Waals surface area (Å²) in [6.45, 7) is 0. The molecule has 0 bridgehead atoms. The summed E-state index contributed by atoms with van der Waals surface area (Å²) in [4.78, 5) is 11.9. The van der Waals surface area contributed by atoms with Crippen LogP contribution in [-0.2, 0) is 0 Å². The van der Waals surface area contributed by atoms with Gasteiger partial charge in [-0.3, -0.25) is 0 Å². The topological polar surface area (TPSA) is 38.3 Å². The highest BCUT2D eigenvalue weighted by atomic mass is 35.5. The molecule has 0 saturated heterocycles. The number of fused-ring (bicyclic) bond motifs is 2. The Morgan fingerprint density at radius 3 is 2.76 bits per heavy atom. The summed E-state index contributed by atoms with van der Waals surface area (Å²) in [6.07, 6.45) is 0. The van der Waals surface area contributed by atoms with E-state index in [-0.39, 0.29) is 5.97 Å². The molecule has 1 aliphatic heterocycles. The zero-order valence-electron chi connectivity index (χ0n) is 8.74. The van der Waals surface area contributed by atoms with Crippen molar-refractivity contribution in [3.8, 4) is 5.75 Å². The zero-order valence-corrected chi connectivity index (χ0v) is 9.49. The molecule has 0 unspecified atom stereocenters. The van der Waals surface area contributed by atoms with E-state index in [1.54, 1.807) is 30.3 Å². The van der Waals surface area contributed by atoms with Crippen LogP contribution >= 0.6 is 11.6 Å². The number of carbonyl (C=O) groups is 1. The quantitative estimate of drug-likeness (QED) is 0.569. The summed E-state index contributed by atoms with van der Waals surface area (Å²) in [5.74, 6) is 0.116. The number of rotatable bonds is 0. The molecule has 84 valence electrons. The third kappa shape index (κ3) is 1.74. The van der Waals surface area contributed by atoms with Crippen LogP contribution in [0, 0.1) is 0 Å². The zero-order chi connectivity index (χ0) is 11.8. The molecule has 0 radical (unpaired) electrons. The Balaban J connectivity index is 2.18. The predicted octanol–water partition coefficient (Wildman–Crippen LogP) is 3.62. The lowest BCUT2D eigenvalue weighted by Gasteiger charge is -2.07. The standard InChI is InChI=1S/C13H8ClNO2/c14-8-5-6-12-11(7-8)15-10-4-2-1-3-9(10)13(16)17-12/h1-7,15H. The van der Waals surface area contributed by atoms with Gasteiger partial charge in [-0.1, -0.05) is 23.7 Å². The number of hydrogen-bond acceptors (Lipinski definition) is 3. The fraction of sp³-hybridized carbons (Fsp3) is 0. The Morgan fingerprint density at radius 1 is 1.06 bits per heavy atom. The first-order valence-corrected chi connectivity index (χ1v) is 5.49. The van der Waals surface area contributed by atoms with Gasteiger partial charge >= 0.3 is 5.97 Å². The second kappa shape index (κ2) is 3.79. The van der Waals surface area contributed by atoms with Crippen molar-refractivity contribution in [2.75, 3.05) is 5.32 Å². The normalized spacial score (nSPS) is 12.9. The second-order valence-electron chi connectivity index (χ2n) is 3.70. The Morgan fingerprint density at radius 2 is 1.88 bits per heavy atom. The minimum atomic E-state index is -0.367. The monoisotopic (exact) mass is 245 g/mol. The lowest BCUT2D eigenvalue weighted by molar-refractivity contribution is 0.0738. The Hall–Kier alpha value is -2.00. The van der Waals surface area contributed by atoms with Crippen molar-refractivity contribution in [3.05, 3.63) is 53.1 Å². The maximum absolute atomic E-state index is 11.9. The van der Waals surface area contributed by atoms with Gasteiger partial charge in [-0.05, 0) is 30.3 Å². The number of halogens is 1. The molecule has 2 aromatic carbocycles. The van der Waals surface area contributed by atoms with E-state index in [9.17, 15) is 4.79 Å². The lowest BCUT2D eigenvalue weighted by Crippen LogP contribution is -2.07. The van der Waals surface area contributed by atoms with E-state index in [0.29, 0.717) is 22.0 Å². The highest BCUT2D eigenvalue weighted by molar-refractivity contribution is 6.31. The van der Waals surface area contributed by atoms with Crippen molar-refractivity contribution in [3.63, 3.8) is 0 Å². The van der Waals surface area contributed by atoms with Crippen LogP contribution in [0.1, 0.15) is 10.4 Å². The second-order valence-corrected chi connectivity index (χ2v) is 4.14. The van der Waals surface area contributed by atoms with Gasteiger partial charge in [-0.15, -0.1) is 0 Å². The van der Waals surface area contributed by atoms with Crippen molar-refractivity contribution in [2.24, 2.45) is 0 Å². The van der Waals surface area contributed by atoms with Gasteiger partial charge in [0.1, 0.15) is 0 Å². The van der Waals surface area contributed by atoms with Gasteiger partial charge in [0.05, 0.1) is 16.9 Å². The van der Waals surface area contributed by atoms with Crippen LogP contribution in [0.15, 0.2) is 42.5 Å². The first kappa shape index (κ1) is 10.2. The van der Waals surface area contributed by atoms with Crippen LogP contribution in [0.2, 0.25) is 5.02 Å². The molecule has 1 N–H and O–H groups in total. The Bertz CT molecular complexity index is 610. The number of hydrogen-bond donors (Lipinski definition) is 1. The molecule has 4 heteroatoms. The molecule has 0 atom stereocenters. The van der Waals surface area contributed by atoms with Crippen LogP contribution in [0.5, 0.6) is 5.75 Å². The number of ether oxygens (including phenoxy) is 1. The molecule has 0 aromatic heterocycles. The summed E-state index contributed by atoms with van der Waals surface area (Å²) < 4.78 is 5.28. The maximum atomic E-state index is 11.9. The molecule has 17 heavy (non-hydrogen) atoms. The third-order valence-electron chi connectivity index (χ3n) is 2.56. The molecule has 1 aliphatic rings. The van der Waals surface area contributed by atoms with Gasteiger partial charge in [-0.25, -0.2) is 4.79 Å². The highest BCUT2D eigenvalue weighted by Crippen LogP contribution is 2.35. The Labute approximate surface area is 103 Å². The van der Waals surface area contributed by atoms with Crippen molar-refractivity contribution < 1.29 is 9.53 Å². The minimum Gasteiger partial charge on any atom is -0.421 e. The van der Waals surface area contributed by atoms with Crippen molar-refractivity contribution >= 4 is 28.9 Å². The molecule has 0 amide bonds. The van der Waals surface area contributed by atoms with Gasteiger partial charge in [0.2, 0.25) is 0 Å². The first-order valence-electron chi connectivity index (χ1n) is 5.12. The highest BCUT2D eigenvalue weighted by Gasteiger charge is 2.20. The number of para-hydroxylation sites is 1. The molecule has 0 spiro atoms. The van der Waals surface area contributed by atoms with E-state index in [2.05, 4.69) is 5.32 Å². The van der Waals surface area contributed by atoms with Crippen molar-refractivity contribution in [2.45, 2.75) is 0 Å². The molecular formula is C13H8ClNO2. The van der Waals surface area contributed by atoms with E-state index >= 15 is 0 Å². The molecule has 3 nitrogen and oxygen atoms in total. The van der Waals surface area contributed by atoms with Crippen molar-refractivity contribution in [1.82, 2.24) is 0 Å². The third-order valence-corrected chi connectivity index (χ3v) is 2.80. The van der Waals surface area contributed by atoms with Gasteiger partial charge in [0, 0.05) is 5.02 Å². The summed E-state index contributed by atoms with van der Waals surface area (Å²) in [5, 5.41) is 3.73. The summed E-state index contributed by atoms with van der Waals surface area (Å²) in [6, 6.07) is 12.3. The summed E-state index contributed by atoms with van der Waals surface area (Å²) >= 11 is 5.91. The summed E-state index contributed by atoms with van der Waals surface area (Å²) in [5.41, 5.74) is 1.93. The fourth-order valence-electron chi connectivity index (χ4n) is 1.76. The van der Waals surface area contributed by atoms with Crippen LogP contribution < -0.4 is 10.1 Å². The van der Waals surface area contributed by atoms with Gasteiger partial charge in [0.25, 0.3) is 0 Å². The first-order chi connectivity index (χ1) is 8.24. The van der Waals surface area contributed by atoms with E-state index < -0.39 is 0 Å².